The molecule has 0 spiro atoms. The first-order valence-electron chi connectivity index (χ1n) is 7.62. The molecule has 2 aromatic rings. The van der Waals surface area contributed by atoms with E-state index in [2.05, 4.69) is 16.5 Å². The lowest BCUT2D eigenvalue weighted by Gasteiger charge is -2.28. The molecule has 1 fully saturated rings. The third-order valence-corrected chi connectivity index (χ3v) is 4.36. The van der Waals surface area contributed by atoms with Crippen LogP contribution in [0.3, 0.4) is 0 Å². The maximum absolute atomic E-state index is 14.0. The first-order chi connectivity index (χ1) is 9.72. The molecule has 1 aliphatic rings. The number of hydrogen-bond donors (Lipinski definition) is 1. The fourth-order valence-corrected chi connectivity index (χ4v) is 3.35. The van der Waals surface area contributed by atoms with Crippen LogP contribution < -0.4 is 5.73 Å². The van der Waals surface area contributed by atoms with Crippen molar-refractivity contribution in [2.45, 2.75) is 57.5 Å². The van der Waals surface area contributed by atoms with Crippen molar-refractivity contribution in [1.29, 1.82) is 0 Å². The molecule has 3 nitrogen and oxygen atoms in total. The number of aryl methyl sites for hydroxylation is 1. The predicted octanol–water partition coefficient (Wildman–Crippen LogP) is 3.57. The number of rotatable bonds is 3. The smallest absolute Gasteiger partial charge is 0.151 e. The number of imidazole rings is 1. The van der Waals surface area contributed by atoms with Crippen LogP contribution in [0.2, 0.25) is 0 Å². The fraction of sp³-hybridized carbons (Fsp3) is 0.562. The van der Waals surface area contributed by atoms with Crippen LogP contribution in [0.5, 0.6) is 0 Å². The summed E-state index contributed by atoms with van der Waals surface area (Å²) in [6.07, 6.45) is 5.51. The molecule has 0 amide bonds. The molecule has 2 unspecified atom stereocenters. The molecule has 1 aromatic carbocycles. The monoisotopic (exact) mass is 275 g/mol. The van der Waals surface area contributed by atoms with Gasteiger partial charge in [0, 0.05) is 18.5 Å². The van der Waals surface area contributed by atoms with Gasteiger partial charge < -0.3 is 10.3 Å². The average Bonchev–Trinajstić information content (AvgIpc) is 2.80. The number of nitrogens with two attached hydrogens (primary N) is 1. The van der Waals surface area contributed by atoms with Crippen LogP contribution >= 0.6 is 0 Å². The highest BCUT2D eigenvalue weighted by molar-refractivity contribution is 5.76. The second kappa shape index (κ2) is 5.52. The van der Waals surface area contributed by atoms with Crippen molar-refractivity contribution >= 4 is 11.0 Å². The molecule has 0 saturated heterocycles. The third-order valence-electron chi connectivity index (χ3n) is 4.36. The van der Waals surface area contributed by atoms with Gasteiger partial charge in [0.1, 0.15) is 11.3 Å². The van der Waals surface area contributed by atoms with Crippen molar-refractivity contribution in [2.75, 3.05) is 0 Å². The van der Waals surface area contributed by atoms with Gasteiger partial charge in [-0.05, 0) is 31.4 Å². The Morgan fingerprint density at radius 1 is 1.35 bits per heavy atom. The average molecular weight is 275 g/mol. The largest absolute Gasteiger partial charge is 0.328 e. The summed E-state index contributed by atoms with van der Waals surface area (Å²) in [5, 5.41) is 0. The molecule has 1 aliphatic carbocycles. The third kappa shape index (κ3) is 2.22. The summed E-state index contributed by atoms with van der Waals surface area (Å²) >= 11 is 0. The second-order valence-electron chi connectivity index (χ2n) is 5.78. The van der Waals surface area contributed by atoms with E-state index in [0.717, 1.165) is 37.1 Å². The summed E-state index contributed by atoms with van der Waals surface area (Å²) in [6, 6.07) is 5.35. The molecule has 2 N–H and O–H groups in total. The summed E-state index contributed by atoms with van der Waals surface area (Å²) in [5.74, 6) is 1.02. The van der Waals surface area contributed by atoms with Crippen LogP contribution in [0, 0.1) is 5.82 Å². The van der Waals surface area contributed by atoms with Crippen molar-refractivity contribution in [3.05, 3.63) is 29.8 Å². The van der Waals surface area contributed by atoms with E-state index in [-0.39, 0.29) is 17.8 Å². The minimum absolute atomic E-state index is 0.152. The normalized spacial score (nSPS) is 23.4. The molecule has 108 valence electrons. The van der Waals surface area contributed by atoms with Crippen molar-refractivity contribution < 1.29 is 4.39 Å². The Hall–Kier alpha value is -1.42. The molecule has 1 aromatic heterocycles. The Morgan fingerprint density at radius 2 is 2.15 bits per heavy atom. The zero-order valence-electron chi connectivity index (χ0n) is 12.0. The van der Waals surface area contributed by atoms with Gasteiger partial charge in [0.15, 0.2) is 5.82 Å². The van der Waals surface area contributed by atoms with E-state index in [1.807, 2.05) is 6.07 Å². The van der Waals surface area contributed by atoms with Crippen molar-refractivity contribution in [2.24, 2.45) is 5.73 Å². The van der Waals surface area contributed by atoms with Crippen molar-refractivity contribution in [3.8, 4) is 0 Å². The Balaban J connectivity index is 2.13. The molecule has 0 radical (unpaired) electrons. The van der Waals surface area contributed by atoms with E-state index in [9.17, 15) is 4.39 Å². The lowest BCUT2D eigenvalue weighted by molar-refractivity contribution is 0.364. The number of nitrogens with zero attached hydrogens (tertiary/aromatic N) is 2. The first kappa shape index (κ1) is 13.6. The van der Waals surface area contributed by atoms with Crippen LogP contribution in [0.15, 0.2) is 18.2 Å². The highest BCUT2D eigenvalue weighted by Gasteiger charge is 2.28. The number of para-hydroxylation sites is 1. The summed E-state index contributed by atoms with van der Waals surface area (Å²) in [4.78, 5) is 4.61. The van der Waals surface area contributed by atoms with Crippen LogP contribution in [-0.4, -0.2) is 15.6 Å². The van der Waals surface area contributed by atoms with Gasteiger partial charge in [0.2, 0.25) is 0 Å². The Morgan fingerprint density at radius 3 is 2.90 bits per heavy atom. The highest BCUT2D eigenvalue weighted by atomic mass is 19.1. The quantitative estimate of drug-likeness (QED) is 0.930. The molecule has 0 bridgehead atoms. The molecule has 2 atom stereocenters. The molecule has 0 aliphatic heterocycles. The number of fused-ring (bicyclic) bond motifs is 1. The number of hydrogen-bond acceptors (Lipinski definition) is 2. The molecule has 1 heterocycles. The first-order valence-corrected chi connectivity index (χ1v) is 7.62. The van der Waals surface area contributed by atoms with Crippen molar-refractivity contribution in [3.63, 3.8) is 0 Å². The molecule has 4 heteroatoms. The van der Waals surface area contributed by atoms with E-state index in [4.69, 9.17) is 5.73 Å². The number of benzene rings is 1. The molecular formula is C16H22FN3. The number of aromatic nitrogens is 2. The minimum atomic E-state index is -0.233. The second-order valence-corrected chi connectivity index (χ2v) is 5.78. The van der Waals surface area contributed by atoms with Crippen molar-refractivity contribution in [1.82, 2.24) is 9.55 Å². The maximum Gasteiger partial charge on any atom is 0.151 e. The van der Waals surface area contributed by atoms with Crippen LogP contribution in [0.4, 0.5) is 4.39 Å². The fourth-order valence-electron chi connectivity index (χ4n) is 3.35. The van der Waals surface area contributed by atoms with Crippen LogP contribution in [0.25, 0.3) is 11.0 Å². The predicted molar refractivity (Wildman–Crippen MR) is 79.2 cm³/mol. The van der Waals surface area contributed by atoms with E-state index < -0.39 is 0 Å². The van der Waals surface area contributed by atoms with E-state index in [0.29, 0.717) is 5.52 Å². The Labute approximate surface area is 119 Å². The summed E-state index contributed by atoms with van der Waals surface area (Å²) in [6.45, 7) is 3.01. The van der Waals surface area contributed by atoms with Gasteiger partial charge >= 0.3 is 0 Å². The highest BCUT2D eigenvalue weighted by Crippen LogP contribution is 2.34. The van der Waals surface area contributed by atoms with Crippen LogP contribution in [-0.2, 0) is 6.54 Å². The SMILES string of the molecule is CCCn1c(C2CCCCC2N)nc2c(F)cccc21. The number of halogens is 1. The van der Waals surface area contributed by atoms with Gasteiger partial charge in [-0.15, -0.1) is 0 Å². The van der Waals surface area contributed by atoms with Gasteiger partial charge in [0.05, 0.1) is 5.52 Å². The lowest BCUT2D eigenvalue weighted by Crippen LogP contribution is -2.33. The van der Waals surface area contributed by atoms with Crippen LogP contribution in [0.1, 0.15) is 50.8 Å². The summed E-state index contributed by atoms with van der Waals surface area (Å²) in [7, 11) is 0. The van der Waals surface area contributed by atoms with E-state index >= 15 is 0 Å². The minimum Gasteiger partial charge on any atom is -0.328 e. The standard InChI is InChI=1S/C16H22FN3/c1-2-10-20-14-9-5-7-12(17)15(14)19-16(20)11-6-3-4-8-13(11)18/h5,7,9,11,13H,2-4,6,8,10,18H2,1H3. The van der Waals surface area contributed by atoms with E-state index in [1.54, 1.807) is 6.07 Å². The zero-order chi connectivity index (χ0) is 14.1. The van der Waals surface area contributed by atoms with E-state index in [1.165, 1.54) is 18.9 Å². The zero-order valence-corrected chi connectivity index (χ0v) is 12.0. The van der Waals surface area contributed by atoms with Gasteiger partial charge in [0.25, 0.3) is 0 Å². The lowest BCUT2D eigenvalue weighted by atomic mass is 9.84. The molecule has 1 saturated carbocycles. The summed E-state index contributed by atoms with van der Waals surface area (Å²) < 4.78 is 16.2. The maximum atomic E-state index is 14.0. The molecule has 3 rings (SSSR count). The molecular weight excluding hydrogens is 253 g/mol. The Kier molecular flexibility index (Phi) is 3.74. The van der Waals surface area contributed by atoms with Gasteiger partial charge in [-0.3, -0.25) is 0 Å². The Bertz CT molecular complexity index is 605. The molecule has 20 heavy (non-hydrogen) atoms. The van der Waals surface area contributed by atoms with Gasteiger partial charge in [-0.2, -0.15) is 0 Å². The topological polar surface area (TPSA) is 43.8 Å². The van der Waals surface area contributed by atoms with Gasteiger partial charge in [-0.1, -0.05) is 25.8 Å². The van der Waals surface area contributed by atoms with Gasteiger partial charge in [-0.25, -0.2) is 9.37 Å². The summed E-state index contributed by atoms with van der Waals surface area (Å²) in [5.41, 5.74) is 7.69.